The van der Waals surface area contributed by atoms with Gasteiger partial charge in [-0.3, -0.25) is 9.78 Å². The van der Waals surface area contributed by atoms with E-state index in [1.807, 2.05) is 6.92 Å². The van der Waals surface area contributed by atoms with Crippen molar-refractivity contribution in [1.82, 2.24) is 15.0 Å². The summed E-state index contributed by atoms with van der Waals surface area (Å²) in [4.78, 5) is 33.2. The number of benzene rings is 1. The van der Waals surface area contributed by atoms with Gasteiger partial charge in [-0.1, -0.05) is 6.92 Å². The molecular weight excluding hydrogens is 551 g/mol. The van der Waals surface area contributed by atoms with E-state index in [4.69, 9.17) is 10.6 Å². The highest BCUT2D eigenvalue weighted by atomic mass is 19.1. The zero-order valence-corrected chi connectivity index (χ0v) is 23.2. The summed E-state index contributed by atoms with van der Waals surface area (Å²) in [6, 6.07) is 5.61. The van der Waals surface area contributed by atoms with Crippen LogP contribution in [0.5, 0.6) is 0 Å². The smallest absolute Gasteiger partial charge is 0.424 e. The predicted molar refractivity (Wildman–Crippen MR) is 147 cm³/mol. The van der Waals surface area contributed by atoms with Crippen LogP contribution in [-0.4, -0.2) is 45.2 Å². The first kappa shape index (κ1) is 29.5. The third kappa shape index (κ3) is 5.56. The number of rotatable bonds is 6. The minimum atomic E-state index is -1.31. The number of pyridine rings is 2. The van der Waals surface area contributed by atoms with Gasteiger partial charge >= 0.3 is 6.09 Å². The quantitative estimate of drug-likeness (QED) is 0.201. The molecule has 222 valence electrons. The third-order valence-corrected chi connectivity index (χ3v) is 8.49. The first-order chi connectivity index (χ1) is 20.0. The minimum absolute atomic E-state index is 0.0181. The third-order valence-electron chi connectivity index (χ3n) is 8.49. The van der Waals surface area contributed by atoms with E-state index in [-0.39, 0.29) is 29.1 Å². The number of nitrogens with one attached hydrogen (secondary N) is 1. The minimum Gasteiger partial charge on any atom is -0.452 e. The highest BCUT2D eigenvalue weighted by molar-refractivity contribution is 6.03. The Balaban J connectivity index is 1.37. The normalized spacial score (nSPS) is 21.3. The number of aromatic nitrogens is 2. The van der Waals surface area contributed by atoms with Crippen molar-refractivity contribution < 1.29 is 32.6 Å². The second-order valence-corrected chi connectivity index (χ2v) is 11.1. The Hall–Kier alpha value is -4.03. The number of nitrogens with zero attached hydrogens (tertiary/aromatic N) is 3. The molecule has 2 heterocycles. The van der Waals surface area contributed by atoms with Crippen molar-refractivity contribution in [3.63, 3.8) is 0 Å². The number of carbonyl (C=O) groups excluding carboxylic acids is 2. The van der Waals surface area contributed by atoms with Crippen LogP contribution in [0.4, 0.5) is 23.7 Å². The van der Waals surface area contributed by atoms with E-state index in [1.165, 1.54) is 13.3 Å². The van der Waals surface area contributed by atoms with Crippen LogP contribution in [0.2, 0.25) is 0 Å². The summed E-state index contributed by atoms with van der Waals surface area (Å²) in [6.07, 6.45) is 5.93. The maximum atomic E-state index is 15.1. The number of methoxy groups -OCH3 is 1. The Morgan fingerprint density at radius 1 is 1.12 bits per heavy atom. The number of halogens is 3. The Kier molecular flexibility index (Phi) is 8.20. The standard InChI is InChI=1S/C30H32F3N5O4/c1-16-12-17(4-7-25(16)38(34)29(40)42-2)19-8-11-35-15-24(19)37-28(39)23-6-5-20(31)27(36-23)26-21(32)13-18(14-22(26)33)30(41)9-3-10-30/h5-6,8,11,13-17,25,41H,3-4,7,9-10,12,34H2,1-2H3,(H,37,39)/t16-,17+,25?/m0/s1. The van der Waals surface area contributed by atoms with Crippen LogP contribution in [0.3, 0.4) is 0 Å². The van der Waals surface area contributed by atoms with Gasteiger partial charge in [-0.05, 0) is 91.8 Å². The molecule has 0 radical (unpaired) electrons. The molecule has 4 N–H and O–H groups in total. The lowest BCUT2D eigenvalue weighted by atomic mass is 9.75. The maximum Gasteiger partial charge on any atom is 0.424 e. The van der Waals surface area contributed by atoms with Crippen LogP contribution >= 0.6 is 0 Å². The molecule has 2 aromatic heterocycles. The van der Waals surface area contributed by atoms with E-state index in [0.29, 0.717) is 37.8 Å². The van der Waals surface area contributed by atoms with Crippen molar-refractivity contribution in [1.29, 1.82) is 0 Å². The predicted octanol–water partition coefficient (Wildman–Crippen LogP) is 5.40. The molecule has 12 heteroatoms. The number of carbonyl (C=O) groups is 2. The van der Waals surface area contributed by atoms with Crippen molar-refractivity contribution in [3.8, 4) is 11.3 Å². The fraction of sp³-hybridized carbons (Fsp3) is 0.400. The molecule has 1 unspecified atom stereocenters. The molecule has 1 aromatic carbocycles. The molecule has 2 amide bonds. The van der Waals surface area contributed by atoms with Gasteiger partial charge in [0.2, 0.25) is 0 Å². The first-order valence-corrected chi connectivity index (χ1v) is 13.8. The van der Waals surface area contributed by atoms with E-state index in [1.54, 1.807) is 12.3 Å². The van der Waals surface area contributed by atoms with Gasteiger partial charge in [0.15, 0.2) is 0 Å². The van der Waals surface area contributed by atoms with Crippen molar-refractivity contribution in [3.05, 3.63) is 77.0 Å². The summed E-state index contributed by atoms with van der Waals surface area (Å²) >= 11 is 0. The van der Waals surface area contributed by atoms with E-state index in [9.17, 15) is 19.1 Å². The summed E-state index contributed by atoms with van der Waals surface area (Å²) < 4.78 is 49.7. The molecule has 9 nitrogen and oxygen atoms in total. The Bertz CT molecular complexity index is 1490. The molecule has 2 fully saturated rings. The number of nitrogens with two attached hydrogens (primary N) is 1. The van der Waals surface area contributed by atoms with Gasteiger partial charge in [0.1, 0.15) is 28.8 Å². The van der Waals surface area contributed by atoms with Crippen LogP contribution < -0.4 is 11.2 Å². The largest absolute Gasteiger partial charge is 0.452 e. The van der Waals surface area contributed by atoms with Gasteiger partial charge in [-0.2, -0.15) is 0 Å². The van der Waals surface area contributed by atoms with Gasteiger partial charge in [0.25, 0.3) is 5.91 Å². The monoisotopic (exact) mass is 583 g/mol. The van der Waals surface area contributed by atoms with Crippen molar-refractivity contribution in [2.75, 3.05) is 12.4 Å². The van der Waals surface area contributed by atoms with Gasteiger partial charge < -0.3 is 15.2 Å². The molecule has 2 saturated carbocycles. The number of aliphatic hydroxyl groups is 1. The van der Waals surface area contributed by atoms with Crippen molar-refractivity contribution >= 4 is 17.7 Å². The molecule has 3 aromatic rings. The molecule has 2 aliphatic rings. The lowest BCUT2D eigenvalue weighted by Crippen LogP contribution is -2.50. The van der Waals surface area contributed by atoms with Crippen molar-refractivity contribution in [2.45, 2.75) is 63.0 Å². The topological polar surface area (TPSA) is 131 Å². The second-order valence-electron chi connectivity index (χ2n) is 11.1. The zero-order chi connectivity index (χ0) is 30.2. The number of hydrogen-bond donors (Lipinski definition) is 3. The molecule has 0 aliphatic heterocycles. The van der Waals surface area contributed by atoms with Crippen LogP contribution in [-0.2, 0) is 10.3 Å². The van der Waals surface area contributed by atoms with Crippen LogP contribution in [0.25, 0.3) is 11.3 Å². The number of amides is 2. The number of anilines is 1. The summed E-state index contributed by atoms with van der Waals surface area (Å²) in [6.45, 7) is 1.99. The lowest BCUT2D eigenvalue weighted by Gasteiger charge is -2.38. The van der Waals surface area contributed by atoms with Crippen LogP contribution in [0.15, 0.2) is 42.7 Å². The van der Waals surface area contributed by atoms with Gasteiger partial charge in [-0.15, -0.1) is 0 Å². The van der Waals surface area contributed by atoms with Crippen LogP contribution in [0, 0.1) is 23.4 Å². The summed E-state index contributed by atoms with van der Waals surface area (Å²) in [7, 11) is 1.27. The highest BCUT2D eigenvalue weighted by Crippen LogP contribution is 2.43. The fourth-order valence-corrected chi connectivity index (χ4v) is 5.98. The SMILES string of the molecule is COC(=O)N(N)C1CC[C@@H](c2ccncc2NC(=O)c2ccc(F)c(-c3c(F)cc(C4(O)CCC4)cc3F)n2)C[C@@H]1C. The zero-order valence-electron chi connectivity index (χ0n) is 23.2. The van der Waals surface area contributed by atoms with E-state index in [0.717, 1.165) is 41.3 Å². The van der Waals surface area contributed by atoms with Crippen molar-refractivity contribution in [2.24, 2.45) is 11.8 Å². The average molecular weight is 584 g/mol. The summed E-state index contributed by atoms with van der Waals surface area (Å²) in [5.41, 5.74) is -1.62. The molecule has 0 saturated heterocycles. The number of hydrazine groups is 1. The van der Waals surface area contributed by atoms with Gasteiger partial charge in [-0.25, -0.2) is 33.8 Å². The summed E-state index contributed by atoms with van der Waals surface area (Å²) in [5.74, 6) is 2.11. The molecule has 2 aliphatic carbocycles. The molecule has 0 bridgehead atoms. The van der Waals surface area contributed by atoms with E-state index < -0.39 is 46.3 Å². The number of hydrogen-bond acceptors (Lipinski definition) is 7. The second kappa shape index (κ2) is 11.7. The Morgan fingerprint density at radius 3 is 2.45 bits per heavy atom. The van der Waals surface area contributed by atoms with E-state index in [2.05, 4.69) is 15.3 Å². The lowest BCUT2D eigenvalue weighted by molar-refractivity contribution is -0.0392. The maximum absolute atomic E-state index is 15.1. The average Bonchev–Trinajstić information content (AvgIpc) is 2.95. The first-order valence-electron chi connectivity index (χ1n) is 13.8. The van der Waals surface area contributed by atoms with Gasteiger partial charge in [0.05, 0.1) is 36.2 Å². The Morgan fingerprint density at radius 2 is 1.83 bits per heavy atom. The molecule has 0 spiro atoms. The number of ether oxygens (including phenoxy) is 1. The summed E-state index contributed by atoms with van der Waals surface area (Å²) in [5, 5.41) is 14.4. The molecule has 42 heavy (non-hydrogen) atoms. The molecular formula is C30H32F3N5O4. The van der Waals surface area contributed by atoms with Gasteiger partial charge in [0, 0.05) is 6.20 Å². The highest BCUT2D eigenvalue weighted by Gasteiger charge is 2.38. The Labute approximate surface area is 240 Å². The molecule has 3 atom stereocenters. The molecule has 5 rings (SSSR count). The van der Waals surface area contributed by atoms with E-state index >= 15 is 8.78 Å². The van der Waals surface area contributed by atoms with Crippen LogP contribution in [0.1, 0.15) is 73.0 Å². The fourth-order valence-electron chi connectivity index (χ4n) is 5.98.